The van der Waals surface area contributed by atoms with Gasteiger partial charge in [-0.1, -0.05) is 6.92 Å². The molecule has 0 aromatic carbocycles. The first kappa shape index (κ1) is 22.9. The minimum absolute atomic E-state index is 0.0755. The first-order valence-corrected chi connectivity index (χ1v) is 10.9. The molecule has 0 bridgehead atoms. The summed E-state index contributed by atoms with van der Waals surface area (Å²) in [5, 5.41) is 2.41. The van der Waals surface area contributed by atoms with Crippen molar-refractivity contribution >= 4 is 17.4 Å². The molecule has 3 atom stereocenters. The maximum absolute atomic E-state index is 14.9. The minimum Gasteiger partial charge on any atom is -0.364 e. The SMILES string of the molecule is CC1C2CN(Cc3cnc(C(F)(F)F)cn3)c3cc(F)c(NC(=O)CC4CC(F)(F)C4)nc3C12. The smallest absolute Gasteiger partial charge is 0.364 e. The average Bonchev–Trinajstić information content (AvgIpc) is 3.36. The van der Waals surface area contributed by atoms with Gasteiger partial charge < -0.3 is 10.2 Å². The molecule has 2 saturated carbocycles. The molecule has 34 heavy (non-hydrogen) atoms. The number of nitrogens with one attached hydrogen (secondary N) is 1. The second-order valence-corrected chi connectivity index (χ2v) is 9.43. The topological polar surface area (TPSA) is 71.0 Å². The van der Waals surface area contributed by atoms with Gasteiger partial charge in [-0.15, -0.1) is 0 Å². The Morgan fingerprint density at radius 1 is 1.24 bits per heavy atom. The van der Waals surface area contributed by atoms with E-state index in [1.54, 1.807) is 4.90 Å². The molecule has 6 nitrogen and oxygen atoms in total. The summed E-state index contributed by atoms with van der Waals surface area (Å²) in [6, 6.07) is 1.24. The van der Waals surface area contributed by atoms with E-state index >= 15 is 0 Å². The number of halogens is 6. The molecule has 5 rings (SSSR count). The zero-order chi connectivity index (χ0) is 24.4. The Kier molecular flexibility index (Phi) is 5.25. The van der Waals surface area contributed by atoms with Gasteiger partial charge in [0, 0.05) is 37.8 Å². The molecule has 12 heteroatoms. The summed E-state index contributed by atoms with van der Waals surface area (Å²) in [5.74, 6) is -4.20. The van der Waals surface area contributed by atoms with Gasteiger partial charge in [-0.05, 0) is 17.8 Å². The number of aromatic nitrogens is 3. The minimum atomic E-state index is -4.59. The van der Waals surface area contributed by atoms with Gasteiger partial charge in [0.25, 0.3) is 0 Å². The first-order valence-electron chi connectivity index (χ1n) is 10.9. The monoisotopic (exact) mass is 485 g/mol. The molecule has 2 fully saturated rings. The molecule has 2 aromatic heterocycles. The Morgan fingerprint density at radius 3 is 2.59 bits per heavy atom. The van der Waals surface area contributed by atoms with E-state index in [9.17, 15) is 31.1 Å². The Labute approximate surface area is 190 Å². The molecule has 2 aromatic rings. The lowest BCUT2D eigenvalue weighted by Crippen LogP contribution is -2.37. The van der Waals surface area contributed by atoms with Crippen LogP contribution in [0.4, 0.5) is 37.8 Å². The van der Waals surface area contributed by atoms with Crippen LogP contribution in [0.2, 0.25) is 0 Å². The van der Waals surface area contributed by atoms with Crippen molar-refractivity contribution in [2.24, 2.45) is 17.8 Å². The number of rotatable bonds is 5. The van der Waals surface area contributed by atoms with E-state index in [1.165, 1.54) is 6.07 Å². The van der Waals surface area contributed by atoms with Crippen LogP contribution < -0.4 is 10.2 Å². The van der Waals surface area contributed by atoms with Crippen molar-refractivity contribution in [3.05, 3.63) is 41.4 Å². The zero-order valence-corrected chi connectivity index (χ0v) is 18.0. The molecule has 3 aliphatic rings. The van der Waals surface area contributed by atoms with Crippen LogP contribution >= 0.6 is 0 Å². The molecule has 1 N–H and O–H groups in total. The number of fused-ring (bicyclic) bond motifs is 3. The van der Waals surface area contributed by atoms with Crippen molar-refractivity contribution in [2.45, 2.75) is 50.7 Å². The predicted octanol–water partition coefficient (Wildman–Crippen LogP) is 4.77. The molecule has 0 spiro atoms. The first-order chi connectivity index (χ1) is 15.9. The van der Waals surface area contributed by atoms with Crippen molar-refractivity contribution in [3.8, 4) is 0 Å². The number of carbonyl (C=O) groups is 1. The van der Waals surface area contributed by atoms with E-state index in [1.807, 2.05) is 6.92 Å². The van der Waals surface area contributed by atoms with Gasteiger partial charge in [-0.3, -0.25) is 9.78 Å². The fourth-order valence-corrected chi connectivity index (χ4v) is 5.01. The maximum Gasteiger partial charge on any atom is 0.434 e. The van der Waals surface area contributed by atoms with E-state index in [0.29, 0.717) is 29.8 Å². The van der Waals surface area contributed by atoms with Crippen LogP contribution in [0.1, 0.15) is 49.2 Å². The molecule has 3 unspecified atom stereocenters. The highest BCUT2D eigenvalue weighted by molar-refractivity contribution is 5.90. The van der Waals surface area contributed by atoms with Gasteiger partial charge in [0.2, 0.25) is 11.8 Å². The highest BCUT2D eigenvalue weighted by atomic mass is 19.4. The fraction of sp³-hybridized carbons (Fsp3) is 0.545. The van der Waals surface area contributed by atoms with Gasteiger partial charge in [0.1, 0.15) is 0 Å². The average molecular weight is 485 g/mol. The van der Waals surface area contributed by atoms with Gasteiger partial charge in [0.05, 0.1) is 36.0 Å². The molecular formula is C22H21F6N5O. The molecule has 1 amide bonds. The Balaban J connectivity index is 1.33. The molecule has 3 heterocycles. The van der Waals surface area contributed by atoms with Gasteiger partial charge in [-0.25, -0.2) is 23.1 Å². The van der Waals surface area contributed by atoms with Crippen molar-refractivity contribution in [1.82, 2.24) is 15.0 Å². The molecule has 0 saturated heterocycles. The Hall–Kier alpha value is -2.92. The van der Waals surface area contributed by atoms with E-state index < -0.39 is 35.4 Å². The lowest BCUT2D eigenvalue weighted by atomic mass is 9.79. The van der Waals surface area contributed by atoms with Crippen molar-refractivity contribution < 1.29 is 31.1 Å². The van der Waals surface area contributed by atoms with E-state index in [0.717, 1.165) is 6.20 Å². The van der Waals surface area contributed by atoms with Gasteiger partial charge >= 0.3 is 6.18 Å². The summed E-state index contributed by atoms with van der Waals surface area (Å²) < 4.78 is 79.1. The van der Waals surface area contributed by atoms with Gasteiger partial charge in [-0.2, -0.15) is 13.2 Å². The number of hydrogen-bond donors (Lipinski definition) is 1. The second kappa shape index (κ2) is 7.81. The summed E-state index contributed by atoms with van der Waals surface area (Å²) in [5.41, 5.74) is 0.280. The number of alkyl halides is 5. The highest BCUT2D eigenvalue weighted by Crippen LogP contribution is 2.59. The lowest BCUT2D eigenvalue weighted by Gasteiger charge is -2.34. The third-order valence-electron chi connectivity index (χ3n) is 6.89. The summed E-state index contributed by atoms with van der Waals surface area (Å²) in [4.78, 5) is 25.7. The summed E-state index contributed by atoms with van der Waals surface area (Å²) in [7, 11) is 0. The summed E-state index contributed by atoms with van der Waals surface area (Å²) in [6.07, 6.45) is -3.72. The third kappa shape index (κ3) is 4.29. The third-order valence-corrected chi connectivity index (χ3v) is 6.89. The fourth-order valence-electron chi connectivity index (χ4n) is 5.01. The largest absolute Gasteiger partial charge is 0.434 e. The normalized spacial score (nSPS) is 25.3. The molecule has 0 radical (unpaired) electrons. The molecule has 182 valence electrons. The van der Waals surface area contributed by atoms with Crippen LogP contribution in [-0.4, -0.2) is 33.3 Å². The zero-order valence-electron chi connectivity index (χ0n) is 18.0. The van der Waals surface area contributed by atoms with E-state index in [2.05, 4.69) is 20.3 Å². The quantitative estimate of drug-likeness (QED) is 0.618. The van der Waals surface area contributed by atoms with Crippen molar-refractivity contribution in [1.29, 1.82) is 0 Å². The number of carbonyl (C=O) groups excluding carboxylic acids is 1. The molecular weight excluding hydrogens is 464 g/mol. The number of amides is 1. The van der Waals surface area contributed by atoms with Crippen LogP contribution in [0.15, 0.2) is 18.5 Å². The van der Waals surface area contributed by atoms with Crippen LogP contribution in [0, 0.1) is 23.6 Å². The highest BCUT2D eigenvalue weighted by Gasteiger charge is 2.54. The van der Waals surface area contributed by atoms with Crippen LogP contribution in [0.25, 0.3) is 0 Å². The summed E-state index contributed by atoms with van der Waals surface area (Å²) in [6.45, 7) is 2.71. The number of pyridine rings is 1. The predicted molar refractivity (Wildman–Crippen MR) is 109 cm³/mol. The van der Waals surface area contributed by atoms with Crippen LogP contribution in [-0.2, 0) is 17.5 Å². The molecule has 2 aliphatic carbocycles. The number of anilines is 2. The van der Waals surface area contributed by atoms with Crippen molar-refractivity contribution in [2.75, 3.05) is 16.8 Å². The van der Waals surface area contributed by atoms with Crippen molar-refractivity contribution in [3.63, 3.8) is 0 Å². The standard InChI is InChI=1S/C22H21F6N5O/c1-10-13-9-33(8-12-6-30-16(7-29-12)22(26,27)28)15-3-14(23)20(32-19(15)18(10)13)31-17(34)2-11-4-21(24,25)5-11/h3,6-7,10-11,13,18H,2,4-5,8-9H2,1H3,(H,31,32,34). The van der Waals surface area contributed by atoms with E-state index in [-0.39, 0.29) is 49.4 Å². The number of nitrogens with zero attached hydrogens (tertiary/aromatic N) is 4. The van der Waals surface area contributed by atoms with E-state index in [4.69, 9.17) is 0 Å². The maximum atomic E-state index is 14.9. The lowest BCUT2D eigenvalue weighted by molar-refractivity contribution is -0.141. The Bertz CT molecular complexity index is 1110. The molecule has 1 aliphatic heterocycles. The summed E-state index contributed by atoms with van der Waals surface area (Å²) >= 11 is 0. The van der Waals surface area contributed by atoms with Gasteiger partial charge in [0.15, 0.2) is 17.3 Å². The van der Waals surface area contributed by atoms with Crippen LogP contribution in [0.5, 0.6) is 0 Å². The number of hydrogen-bond acceptors (Lipinski definition) is 5. The Morgan fingerprint density at radius 2 is 1.97 bits per heavy atom. The van der Waals surface area contributed by atoms with Crippen LogP contribution in [0.3, 0.4) is 0 Å². The second-order valence-electron chi connectivity index (χ2n) is 9.43.